The van der Waals surface area contributed by atoms with Gasteiger partial charge < -0.3 is 4.74 Å². The van der Waals surface area contributed by atoms with E-state index in [4.69, 9.17) is 9.72 Å². The first-order valence-electron chi connectivity index (χ1n) is 8.85. The Labute approximate surface area is 161 Å². The van der Waals surface area contributed by atoms with Crippen molar-refractivity contribution < 1.29 is 4.74 Å². The number of hydrogen-bond donors (Lipinski definition) is 0. The third-order valence-corrected chi connectivity index (χ3v) is 5.88. The molecule has 4 aromatic carbocycles. The van der Waals surface area contributed by atoms with Crippen LogP contribution < -0.4 is 4.74 Å². The molecule has 0 bridgehead atoms. The Bertz CT molecular complexity index is 1240. The highest BCUT2D eigenvalue weighted by Gasteiger charge is 2.13. The Kier molecular flexibility index (Phi) is 3.88. The zero-order chi connectivity index (χ0) is 18.2. The Hall–Kier alpha value is -3.17. The van der Waals surface area contributed by atoms with Crippen molar-refractivity contribution in [2.24, 2.45) is 0 Å². The summed E-state index contributed by atoms with van der Waals surface area (Å²) in [7, 11) is 1.71. The number of thiazole rings is 1. The lowest BCUT2D eigenvalue weighted by atomic mass is 9.99. The van der Waals surface area contributed by atoms with Crippen molar-refractivity contribution in [1.82, 2.24) is 4.98 Å². The first-order chi connectivity index (χ1) is 13.3. The van der Waals surface area contributed by atoms with Gasteiger partial charge in [0.05, 0.1) is 22.9 Å². The summed E-state index contributed by atoms with van der Waals surface area (Å²) in [6.45, 7) is 0. The van der Waals surface area contributed by atoms with Crippen molar-refractivity contribution in [2.45, 2.75) is 0 Å². The van der Waals surface area contributed by atoms with Crippen molar-refractivity contribution in [3.8, 4) is 27.4 Å². The molecule has 0 spiro atoms. The summed E-state index contributed by atoms with van der Waals surface area (Å²) < 4.78 is 6.81. The molecule has 5 rings (SSSR count). The summed E-state index contributed by atoms with van der Waals surface area (Å²) in [4.78, 5) is 4.81. The van der Waals surface area contributed by atoms with E-state index in [0.717, 1.165) is 27.4 Å². The van der Waals surface area contributed by atoms with E-state index >= 15 is 0 Å². The smallest absolute Gasteiger partial charge is 0.129 e. The van der Waals surface area contributed by atoms with Gasteiger partial charge in [0.2, 0.25) is 0 Å². The van der Waals surface area contributed by atoms with Crippen molar-refractivity contribution in [1.29, 1.82) is 0 Å². The minimum atomic E-state index is 0.846. The molecule has 0 saturated carbocycles. The number of hydrogen-bond acceptors (Lipinski definition) is 3. The lowest BCUT2D eigenvalue weighted by Gasteiger charge is -2.10. The molecule has 0 aliphatic rings. The van der Waals surface area contributed by atoms with Crippen LogP contribution in [0.1, 0.15) is 0 Å². The molecule has 130 valence electrons. The molecule has 27 heavy (non-hydrogen) atoms. The maximum absolute atomic E-state index is 5.62. The first kappa shape index (κ1) is 16.0. The van der Waals surface area contributed by atoms with Gasteiger partial charge in [0, 0.05) is 0 Å². The number of ether oxygens (including phenoxy) is 1. The highest BCUT2D eigenvalue weighted by atomic mass is 32.1. The molecule has 0 saturated heterocycles. The second-order valence-corrected chi connectivity index (χ2v) is 7.49. The predicted octanol–water partition coefficient (Wildman–Crippen LogP) is 6.79. The second kappa shape index (κ2) is 6.53. The molecule has 1 heterocycles. The number of benzene rings is 4. The second-order valence-electron chi connectivity index (χ2n) is 6.46. The predicted molar refractivity (Wildman–Crippen MR) is 115 cm³/mol. The number of methoxy groups -OCH3 is 1. The molecule has 0 amide bonds. The van der Waals surface area contributed by atoms with E-state index in [1.54, 1.807) is 18.4 Å². The maximum atomic E-state index is 5.62. The van der Waals surface area contributed by atoms with Gasteiger partial charge in [0.1, 0.15) is 10.8 Å². The lowest BCUT2D eigenvalue weighted by Crippen LogP contribution is -1.89. The van der Waals surface area contributed by atoms with Crippen LogP contribution in [-0.4, -0.2) is 12.1 Å². The molecule has 0 aliphatic heterocycles. The summed E-state index contributed by atoms with van der Waals surface area (Å²) in [5.41, 5.74) is 4.41. The van der Waals surface area contributed by atoms with E-state index in [1.807, 2.05) is 18.2 Å². The van der Waals surface area contributed by atoms with Crippen LogP contribution in [0.4, 0.5) is 0 Å². The summed E-state index contributed by atoms with van der Waals surface area (Å²) in [6.07, 6.45) is 0. The highest BCUT2D eigenvalue weighted by molar-refractivity contribution is 7.21. The van der Waals surface area contributed by atoms with Crippen LogP contribution in [0, 0.1) is 0 Å². The van der Waals surface area contributed by atoms with Gasteiger partial charge in [-0.25, -0.2) is 4.98 Å². The zero-order valence-corrected chi connectivity index (χ0v) is 15.7. The van der Waals surface area contributed by atoms with Crippen LogP contribution in [0.15, 0.2) is 84.9 Å². The van der Waals surface area contributed by atoms with Crippen molar-refractivity contribution in [3.63, 3.8) is 0 Å². The fourth-order valence-electron chi connectivity index (χ4n) is 3.41. The van der Waals surface area contributed by atoms with E-state index < -0.39 is 0 Å². The molecule has 0 aliphatic carbocycles. The molecular weight excluding hydrogens is 350 g/mol. The Balaban J connectivity index is 1.67. The molecule has 1 aromatic heterocycles. The quantitative estimate of drug-likeness (QED) is 0.350. The number of nitrogens with zero attached hydrogens (tertiary/aromatic N) is 1. The van der Waals surface area contributed by atoms with Crippen LogP contribution in [0.5, 0.6) is 5.75 Å². The molecule has 0 fully saturated rings. The first-order valence-corrected chi connectivity index (χ1v) is 9.67. The average molecular weight is 367 g/mol. The Morgan fingerprint density at radius 1 is 0.741 bits per heavy atom. The van der Waals surface area contributed by atoms with Crippen molar-refractivity contribution in [2.75, 3.05) is 7.11 Å². The van der Waals surface area contributed by atoms with Gasteiger partial charge in [-0.3, -0.25) is 0 Å². The van der Waals surface area contributed by atoms with Crippen molar-refractivity contribution in [3.05, 3.63) is 84.9 Å². The van der Waals surface area contributed by atoms with E-state index in [2.05, 4.69) is 66.7 Å². The van der Waals surface area contributed by atoms with Crippen LogP contribution >= 0.6 is 11.3 Å². The third-order valence-electron chi connectivity index (χ3n) is 4.81. The van der Waals surface area contributed by atoms with Crippen molar-refractivity contribution >= 4 is 32.3 Å². The number of aromatic nitrogens is 1. The van der Waals surface area contributed by atoms with Gasteiger partial charge >= 0.3 is 0 Å². The van der Waals surface area contributed by atoms with Gasteiger partial charge in [-0.15, -0.1) is 11.3 Å². The third kappa shape index (κ3) is 2.86. The summed E-state index contributed by atoms with van der Waals surface area (Å²) >= 11 is 1.70. The minimum Gasteiger partial charge on any atom is -0.496 e. The molecule has 0 unspecified atom stereocenters. The van der Waals surface area contributed by atoms with Crippen LogP contribution in [0.3, 0.4) is 0 Å². The standard InChI is InChI=1S/C24H17NOS/c1-26-22-13-12-19(18-11-10-16-6-2-3-7-17(16)14-18)15-20(22)24-25-21-8-4-5-9-23(21)27-24/h2-15H,1H3. The van der Waals surface area contributed by atoms with Crippen LogP contribution in [0.2, 0.25) is 0 Å². The summed E-state index contributed by atoms with van der Waals surface area (Å²) in [5, 5.41) is 3.48. The number of para-hydroxylation sites is 1. The molecule has 2 nitrogen and oxygen atoms in total. The molecule has 5 aromatic rings. The Morgan fingerprint density at radius 2 is 1.48 bits per heavy atom. The van der Waals surface area contributed by atoms with Gasteiger partial charge in [-0.1, -0.05) is 54.6 Å². The van der Waals surface area contributed by atoms with E-state index in [0.29, 0.717) is 0 Å². The topological polar surface area (TPSA) is 22.1 Å². The van der Waals surface area contributed by atoms with Crippen LogP contribution in [0.25, 0.3) is 42.7 Å². The minimum absolute atomic E-state index is 0.846. The molecular formula is C24H17NOS. The van der Waals surface area contributed by atoms with E-state index in [9.17, 15) is 0 Å². The average Bonchev–Trinajstić information content (AvgIpc) is 3.17. The van der Waals surface area contributed by atoms with E-state index in [1.165, 1.54) is 21.0 Å². The fraction of sp³-hybridized carbons (Fsp3) is 0.0417. The molecule has 3 heteroatoms. The zero-order valence-electron chi connectivity index (χ0n) is 14.8. The van der Waals surface area contributed by atoms with E-state index in [-0.39, 0.29) is 0 Å². The highest BCUT2D eigenvalue weighted by Crippen LogP contribution is 2.38. The SMILES string of the molecule is COc1ccc(-c2ccc3ccccc3c2)cc1-c1nc2ccccc2s1. The van der Waals surface area contributed by atoms with Crippen LogP contribution in [-0.2, 0) is 0 Å². The van der Waals surface area contributed by atoms with Gasteiger partial charge in [0.15, 0.2) is 0 Å². The molecule has 0 N–H and O–H groups in total. The monoisotopic (exact) mass is 367 g/mol. The largest absolute Gasteiger partial charge is 0.496 e. The summed E-state index contributed by atoms with van der Waals surface area (Å²) in [5.74, 6) is 0.846. The molecule has 0 atom stereocenters. The van der Waals surface area contributed by atoms with Gasteiger partial charge in [-0.05, 0) is 52.2 Å². The number of rotatable bonds is 3. The fourth-order valence-corrected chi connectivity index (χ4v) is 4.40. The van der Waals surface area contributed by atoms with Gasteiger partial charge in [0.25, 0.3) is 0 Å². The molecule has 0 radical (unpaired) electrons. The lowest BCUT2D eigenvalue weighted by molar-refractivity contribution is 0.416. The number of fused-ring (bicyclic) bond motifs is 2. The maximum Gasteiger partial charge on any atom is 0.129 e. The normalized spacial score (nSPS) is 11.1. The van der Waals surface area contributed by atoms with Gasteiger partial charge in [-0.2, -0.15) is 0 Å². The summed E-state index contributed by atoms with van der Waals surface area (Å²) in [6, 6.07) is 29.6. The Morgan fingerprint density at radius 3 is 2.33 bits per heavy atom.